The van der Waals surface area contributed by atoms with E-state index in [9.17, 15) is 0 Å². The Bertz CT molecular complexity index is 457. The van der Waals surface area contributed by atoms with E-state index >= 15 is 0 Å². The molecule has 2 aromatic rings. The molecule has 1 aromatic carbocycles. The Balaban J connectivity index is 2.22. The number of hydrogen-bond donors (Lipinski definition) is 1. The van der Waals surface area contributed by atoms with Gasteiger partial charge in [-0.15, -0.1) is 0 Å². The van der Waals surface area contributed by atoms with E-state index in [0.29, 0.717) is 11.8 Å². The molecule has 76 valence electrons. The van der Waals surface area contributed by atoms with E-state index in [0.717, 1.165) is 11.3 Å². The molecule has 0 radical (unpaired) electrons. The van der Waals surface area contributed by atoms with E-state index in [-0.39, 0.29) is 0 Å². The minimum absolute atomic E-state index is 0.335. The van der Waals surface area contributed by atoms with Crippen molar-refractivity contribution in [3.05, 3.63) is 42.2 Å². The zero-order valence-corrected chi connectivity index (χ0v) is 8.34. The van der Waals surface area contributed by atoms with E-state index in [4.69, 9.17) is 10.5 Å². The Kier molecular flexibility index (Phi) is 2.49. The van der Waals surface area contributed by atoms with Gasteiger partial charge in [0.25, 0.3) is 0 Å². The van der Waals surface area contributed by atoms with Crippen molar-refractivity contribution < 1.29 is 4.74 Å². The highest BCUT2D eigenvalue weighted by molar-refractivity contribution is 5.49. The fraction of sp³-hybridized carbons (Fsp3) is 0.0909. The third-order valence-electron chi connectivity index (χ3n) is 1.99. The van der Waals surface area contributed by atoms with Crippen LogP contribution in [0.2, 0.25) is 0 Å². The number of anilines is 1. The molecule has 0 fully saturated rings. The van der Waals surface area contributed by atoms with Crippen molar-refractivity contribution in [2.24, 2.45) is 0 Å². The lowest BCUT2D eigenvalue weighted by molar-refractivity contribution is 0.441. The van der Waals surface area contributed by atoms with Crippen LogP contribution >= 0.6 is 0 Å². The molecule has 0 atom stereocenters. The van der Waals surface area contributed by atoms with Crippen LogP contribution in [0.15, 0.2) is 36.7 Å². The third kappa shape index (κ3) is 2.22. The molecule has 0 saturated carbocycles. The van der Waals surface area contributed by atoms with E-state index in [1.165, 1.54) is 0 Å². The summed E-state index contributed by atoms with van der Waals surface area (Å²) in [5.41, 5.74) is 7.42. The van der Waals surface area contributed by atoms with Crippen molar-refractivity contribution >= 4 is 5.69 Å². The molecule has 0 bridgehead atoms. The molecule has 1 heterocycles. The lowest BCUT2D eigenvalue weighted by atomic mass is 10.2. The van der Waals surface area contributed by atoms with Gasteiger partial charge in [0.2, 0.25) is 0 Å². The molecule has 0 aliphatic carbocycles. The minimum Gasteiger partial charge on any atom is -0.424 e. The molecule has 4 heteroatoms. The van der Waals surface area contributed by atoms with Gasteiger partial charge < -0.3 is 10.5 Å². The number of nitrogens with two attached hydrogens (primary N) is 1. The normalized spacial score (nSPS) is 9.93. The van der Waals surface area contributed by atoms with Gasteiger partial charge in [0.05, 0.1) is 0 Å². The Morgan fingerprint density at radius 3 is 2.60 bits per heavy atom. The molecule has 0 amide bonds. The summed E-state index contributed by atoms with van der Waals surface area (Å²) in [6, 6.07) is 7.51. The molecule has 4 nitrogen and oxygen atoms in total. The minimum atomic E-state index is 0.335. The largest absolute Gasteiger partial charge is 0.424 e. The predicted molar refractivity (Wildman–Crippen MR) is 57.7 cm³/mol. The highest BCUT2D eigenvalue weighted by Gasteiger charge is 2.00. The molecule has 2 rings (SSSR count). The van der Waals surface area contributed by atoms with Gasteiger partial charge in [0, 0.05) is 18.1 Å². The molecule has 2 N–H and O–H groups in total. The van der Waals surface area contributed by atoms with Crippen LogP contribution in [0.3, 0.4) is 0 Å². The van der Waals surface area contributed by atoms with Crippen molar-refractivity contribution in [1.29, 1.82) is 0 Å². The number of benzene rings is 1. The first-order valence-electron chi connectivity index (χ1n) is 4.57. The second kappa shape index (κ2) is 3.96. The Hall–Kier alpha value is -2.10. The standard InChI is InChI=1S/C11H11N3O/c1-8-7-9(3-4-10(8)12)15-11-13-5-2-6-14-11/h2-7H,12H2,1H3. The Morgan fingerprint density at radius 1 is 1.20 bits per heavy atom. The van der Waals surface area contributed by atoms with Gasteiger partial charge >= 0.3 is 6.01 Å². The number of aromatic nitrogens is 2. The van der Waals surface area contributed by atoms with Gasteiger partial charge in [-0.1, -0.05) is 0 Å². The van der Waals surface area contributed by atoms with Crippen LogP contribution in [0.4, 0.5) is 5.69 Å². The number of aryl methyl sites for hydroxylation is 1. The van der Waals surface area contributed by atoms with Gasteiger partial charge in [-0.3, -0.25) is 0 Å². The van der Waals surface area contributed by atoms with Gasteiger partial charge in [0.1, 0.15) is 5.75 Å². The van der Waals surface area contributed by atoms with Gasteiger partial charge in [-0.2, -0.15) is 0 Å². The van der Waals surface area contributed by atoms with Gasteiger partial charge in [0.15, 0.2) is 0 Å². The smallest absolute Gasteiger partial charge is 0.321 e. The van der Waals surface area contributed by atoms with Gasteiger partial charge in [-0.05, 0) is 36.8 Å². The first-order chi connectivity index (χ1) is 7.25. The zero-order valence-electron chi connectivity index (χ0n) is 8.34. The number of ether oxygens (including phenoxy) is 1. The number of nitrogen functional groups attached to an aromatic ring is 1. The van der Waals surface area contributed by atoms with E-state index in [1.54, 1.807) is 30.6 Å². The van der Waals surface area contributed by atoms with Crippen LogP contribution in [-0.4, -0.2) is 9.97 Å². The lowest BCUT2D eigenvalue weighted by Gasteiger charge is -2.05. The zero-order chi connectivity index (χ0) is 10.7. The maximum absolute atomic E-state index is 5.70. The number of rotatable bonds is 2. The second-order valence-electron chi connectivity index (χ2n) is 3.15. The van der Waals surface area contributed by atoms with Crippen LogP contribution in [0.25, 0.3) is 0 Å². The van der Waals surface area contributed by atoms with Crippen LogP contribution in [-0.2, 0) is 0 Å². The molecular weight excluding hydrogens is 190 g/mol. The molecule has 15 heavy (non-hydrogen) atoms. The summed E-state index contributed by atoms with van der Waals surface area (Å²) in [7, 11) is 0. The average molecular weight is 201 g/mol. The molecule has 0 aliphatic rings. The Labute approximate surface area is 87.7 Å². The quantitative estimate of drug-likeness (QED) is 0.756. The molecular formula is C11H11N3O. The summed E-state index contributed by atoms with van der Waals surface area (Å²) in [5, 5.41) is 0. The maximum Gasteiger partial charge on any atom is 0.321 e. The maximum atomic E-state index is 5.70. The fourth-order valence-corrected chi connectivity index (χ4v) is 1.16. The highest BCUT2D eigenvalue weighted by Crippen LogP contribution is 2.21. The van der Waals surface area contributed by atoms with E-state index in [2.05, 4.69) is 9.97 Å². The van der Waals surface area contributed by atoms with E-state index in [1.807, 2.05) is 13.0 Å². The third-order valence-corrected chi connectivity index (χ3v) is 1.99. The topological polar surface area (TPSA) is 61.0 Å². The molecule has 0 spiro atoms. The van der Waals surface area contributed by atoms with Crippen LogP contribution < -0.4 is 10.5 Å². The van der Waals surface area contributed by atoms with E-state index < -0.39 is 0 Å². The fourth-order valence-electron chi connectivity index (χ4n) is 1.16. The average Bonchev–Trinajstić information content (AvgIpc) is 2.25. The van der Waals surface area contributed by atoms with Crippen LogP contribution in [0.5, 0.6) is 11.8 Å². The van der Waals surface area contributed by atoms with Crippen molar-refractivity contribution in [3.8, 4) is 11.8 Å². The van der Waals surface area contributed by atoms with Crippen molar-refractivity contribution in [3.63, 3.8) is 0 Å². The summed E-state index contributed by atoms with van der Waals surface area (Å²) in [6.07, 6.45) is 3.26. The SMILES string of the molecule is Cc1cc(Oc2ncccn2)ccc1N. The highest BCUT2D eigenvalue weighted by atomic mass is 16.5. The molecule has 0 saturated heterocycles. The summed E-state index contributed by atoms with van der Waals surface area (Å²) in [6.45, 7) is 1.92. The second-order valence-corrected chi connectivity index (χ2v) is 3.15. The van der Waals surface area contributed by atoms with Crippen LogP contribution in [0.1, 0.15) is 5.56 Å². The van der Waals surface area contributed by atoms with Crippen molar-refractivity contribution in [1.82, 2.24) is 9.97 Å². The summed E-state index contributed by atoms with van der Waals surface area (Å²) >= 11 is 0. The van der Waals surface area contributed by atoms with Crippen molar-refractivity contribution in [2.75, 3.05) is 5.73 Å². The molecule has 0 aliphatic heterocycles. The first kappa shape index (κ1) is 9.45. The summed E-state index contributed by atoms with van der Waals surface area (Å²) in [4.78, 5) is 7.92. The molecule has 0 unspecified atom stereocenters. The summed E-state index contributed by atoms with van der Waals surface area (Å²) < 4.78 is 5.44. The number of hydrogen-bond acceptors (Lipinski definition) is 4. The Morgan fingerprint density at radius 2 is 1.93 bits per heavy atom. The predicted octanol–water partition coefficient (Wildman–Crippen LogP) is 2.16. The number of nitrogens with zero attached hydrogens (tertiary/aromatic N) is 2. The monoisotopic (exact) mass is 201 g/mol. The van der Waals surface area contributed by atoms with Gasteiger partial charge in [-0.25, -0.2) is 9.97 Å². The summed E-state index contributed by atoms with van der Waals surface area (Å²) in [5.74, 6) is 0.688. The van der Waals surface area contributed by atoms with Crippen molar-refractivity contribution in [2.45, 2.75) is 6.92 Å². The first-order valence-corrected chi connectivity index (χ1v) is 4.57. The van der Waals surface area contributed by atoms with Crippen LogP contribution in [0, 0.1) is 6.92 Å². The molecule has 1 aromatic heterocycles. The lowest BCUT2D eigenvalue weighted by Crippen LogP contribution is -1.93.